The molecule has 1 atom stereocenters. The van der Waals surface area contributed by atoms with E-state index in [4.69, 9.17) is 9.47 Å². The van der Waals surface area contributed by atoms with Gasteiger partial charge in [0, 0.05) is 36.7 Å². The molecule has 1 N–H and O–H groups in total. The van der Waals surface area contributed by atoms with Crippen molar-refractivity contribution in [3.05, 3.63) is 78.1 Å². The fraction of sp³-hybridized carbons (Fsp3) is 0.227. The summed E-state index contributed by atoms with van der Waals surface area (Å²) in [7, 11) is 3.16. The Morgan fingerprint density at radius 2 is 1.75 bits per heavy atom. The number of ether oxygens (including phenoxy) is 2. The molecule has 0 saturated heterocycles. The maximum Gasteiger partial charge on any atom is 0.322 e. The molecule has 1 aromatic heterocycles. The third kappa shape index (κ3) is 3.29. The lowest BCUT2D eigenvalue weighted by Gasteiger charge is -2.37. The van der Waals surface area contributed by atoms with Crippen molar-refractivity contribution < 1.29 is 14.3 Å². The Balaban J connectivity index is 1.63. The number of nitrogens with one attached hydrogen (secondary N) is 1. The van der Waals surface area contributed by atoms with E-state index in [9.17, 15) is 4.79 Å². The third-order valence-corrected chi connectivity index (χ3v) is 5.05. The van der Waals surface area contributed by atoms with Crippen molar-refractivity contribution in [3.63, 3.8) is 0 Å². The molecule has 1 aliphatic rings. The summed E-state index contributed by atoms with van der Waals surface area (Å²) in [5, 5.41) is 3.00. The van der Waals surface area contributed by atoms with Crippen LogP contribution in [0.15, 0.2) is 66.9 Å². The standard InChI is InChI=1S/C22H23N3O3/c1-27-19-11-10-17(15-20(19)28-2)23-22(26)25-14-13-24-12-6-9-18(24)21(25)16-7-4-3-5-8-16/h3-12,15,21H,13-14H2,1-2H3,(H,23,26)/t21-/m1/s1. The lowest BCUT2D eigenvalue weighted by Crippen LogP contribution is -2.44. The predicted octanol–water partition coefficient (Wildman–Crippen LogP) is 4.14. The van der Waals surface area contributed by atoms with Crippen molar-refractivity contribution in [2.24, 2.45) is 0 Å². The van der Waals surface area contributed by atoms with E-state index in [1.54, 1.807) is 26.4 Å². The molecule has 0 fully saturated rings. The van der Waals surface area contributed by atoms with Crippen LogP contribution in [0, 0.1) is 0 Å². The quantitative estimate of drug-likeness (QED) is 0.743. The van der Waals surface area contributed by atoms with Crippen LogP contribution in [0.2, 0.25) is 0 Å². The molecule has 0 bridgehead atoms. The van der Waals surface area contributed by atoms with Gasteiger partial charge in [-0.3, -0.25) is 0 Å². The van der Waals surface area contributed by atoms with E-state index < -0.39 is 0 Å². The van der Waals surface area contributed by atoms with Crippen molar-refractivity contribution in [2.75, 3.05) is 26.1 Å². The molecule has 0 aliphatic carbocycles. The number of amides is 2. The van der Waals surface area contributed by atoms with Crippen LogP contribution in [0.25, 0.3) is 0 Å². The molecular formula is C22H23N3O3. The van der Waals surface area contributed by atoms with Crippen molar-refractivity contribution in [2.45, 2.75) is 12.6 Å². The molecular weight excluding hydrogens is 354 g/mol. The van der Waals surface area contributed by atoms with Gasteiger partial charge in [-0.05, 0) is 29.8 Å². The lowest BCUT2D eigenvalue weighted by molar-refractivity contribution is 0.182. The van der Waals surface area contributed by atoms with Crippen LogP contribution < -0.4 is 14.8 Å². The van der Waals surface area contributed by atoms with E-state index in [0.29, 0.717) is 23.7 Å². The summed E-state index contributed by atoms with van der Waals surface area (Å²) in [6.45, 7) is 1.39. The van der Waals surface area contributed by atoms with E-state index in [-0.39, 0.29) is 12.1 Å². The number of anilines is 1. The molecule has 0 radical (unpaired) electrons. The van der Waals surface area contributed by atoms with Crippen LogP contribution in [-0.4, -0.2) is 36.3 Å². The Morgan fingerprint density at radius 1 is 0.964 bits per heavy atom. The van der Waals surface area contributed by atoms with Crippen LogP contribution in [0.3, 0.4) is 0 Å². The highest BCUT2D eigenvalue weighted by Gasteiger charge is 2.32. The number of urea groups is 1. The Hall–Kier alpha value is -3.41. The molecule has 0 spiro atoms. The molecule has 144 valence electrons. The van der Waals surface area contributed by atoms with Crippen molar-refractivity contribution in [1.82, 2.24) is 9.47 Å². The van der Waals surface area contributed by atoms with Gasteiger partial charge in [-0.15, -0.1) is 0 Å². The van der Waals surface area contributed by atoms with Gasteiger partial charge in [0.15, 0.2) is 11.5 Å². The van der Waals surface area contributed by atoms with Crippen molar-refractivity contribution in [1.29, 1.82) is 0 Å². The van der Waals surface area contributed by atoms with Crippen LogP contribution in [0.1, 0.15) is 17.3 Å². The van der Waals surface area contributed by atoms with Gasteiger partial charge in [0.1, 0.15) is 0 Å². The van der Waals surface area contributed by atoms with Gasteiger partial charge < -0.3 is 24.3 Å². The van der Waals surface area contributed by atoms with E-state index in [0.717, 1.165) is 17.8 Å². The van der Waals surface area contributed by atoms with Crippen molar-refractivity contribution in [3.8, 4) is 11.5 Å². The molecule has 1 aliphatic heterocycles. The Morgan fingerprint density at radius 3 is 2.50 bits per heavy atom. The van der Waals surface area contributed by atoms with E-state index in [1.165, 1.54) is 0 Å². The first kappa shape index (κ1) is 18.0. The smallest absolute Gasteiger partial charge is 0.322 e. The zero-order valence-electron chi connectivity index (χ0n) is 16.0. The number of hydrogen-bond donors (Lipinski definition) is 1. The first-order chi connectivity index (χ1) is 13.7. The van der Waals surface area contributed by atoms with Gasteiger partial charge in [0.05, 0.1) is 20.3 Å². The Labute approximate surface area is 164 Å². The van der Waals surface area contributed by atoms with Crippen LogP contribution >= 0.6 is 0 Å². The number of carbonyl (C=O) groups is 1. The topological polar surface area (TPSA) is 55.7 Å². The fourth-order valence-corrected chi connectivity index (χ4v) is 3.70. The number of fused-ring (bicyclic) bond motifs is 1. The monoisotopic (exact) mass is 377 g/mol. The van der Waals surface area contributed by atoms with Gasteiger partial charge in [-0.2, -0.15) is 0 Å². The summed E-state index contributed by atoms with van der Waals surface area (Å²) in [4.78, 5) is 15.0. The second-order valence-electron chi connectivity index (χ2n) is 6.63. The summed E-state index contributed by atoms with van der Waals surface area (Å²) in [5.74, 6) is 1.20. The molecule has 2 aromatic carbocycles. The number of carbonyl (C=O) groups excluding carboxylic acids is 1. The van der Waals surface area contributed by atoms with E-state index in [1.807, 2.05) is 35.2 Å². The van der Waals surface area contributed by atoms with E-state index >= 15 is 0 Å². The fourth-order valence-electron chi connectivity index (χ4n) is 3.70. The zero-order chi connectivity index (χ0) is 19.5. The van der Waals surface area contributed by atoms with Gasteiger partial charge in [0.25, 0.3) is 0 Å². The second kappa shape index (κ2) is 7.68. The highest BCUT2D eigenvalue weighted by molar-refractivity contribution is 5.90. The summed E-state index contributed by atoms with van der Waals surface area (Å²) < 4.78 is 12.8. The molecule has 2 heterocycles. The molecule has 4 rings (SSSR count). The molecule has 2 amide bonds. The van der Waals surface area contributed by atoms with Crippen LogP contribution in [0.4, 0.5) is 10.5 Å². The Bertz CT molecular complexity index is 968. The average Bonchev–Trinajstić information content (AvgIpc) is 3.22. The van der Waals surface area contributed by atoms with E-state index in [2.05, 4.69) is 34.3 Å². The number of aromatic nitrogens is 1. The SMILES string of the molecule is COc1ccc(NC(=O)N2CCn3cccc3[C@H]2c2ccccc2)cc1OC. The minimum Gasteiger partial charge on any atom is -0.493 e. The maximum atomic E-state index is 13.2. The predicted molar refractivity (Wildman–Crippen MR) is 108 cm³/mol. The molecule has 6 nitrogen and oxygen atoms in total. The molecule has 0 saturated carbocycles. The molecule has 6 heteroatoms. The third-order valence-electron chi connectivity index (χ3n) is 5.05. The number of hydrogen-bond acceptors (Lipinski definition) is 3. The Kier molecular flexibility index (Phi) is 4.93. The lowest BCUT2D eigenvalue weighted by atomic mass is 10.0. The first-order valence-corrected chi connectivity index (χ1v) is 9.21. The normalized spacial score (nSPS) is 15.6. The number of nitrogens with zero attached hydrogens (tertiary/aromatic N) is 2. The first-order valence-electron chi connectivity index (χ1n) is 9.21. The number of methoxy groups -OCH3 is 2. The average molecular weight is 377 g/mol. The molecule has 0 unspecified atom stereocenters. The number of benzene rings is 2. The summed E-state index contributed by atoms with van der Waals surface area (Å²) in [6.07, 6.45) is 2.06. The molecule has 28 heavy (non-hydrogen) atoms. The highest BCUT2D eigenvalue weighted by Crippen LogP contribution is 2.34. The van der Waals surface area contributed by atoms with Gasteiger partial charge in [-0.1, -0.05) is 30.3 Å². The molecule has 3 aromatic rings. The number of rotatable bonds is 4. The zero-order valence-corrected chi connectivity index (χ0v) is 16.0. The van der Waals surface area contributed by atoms with Gasteiger partial charge in [0.2, 0.25) is 0 Å². The van der Waals surface area contributed by atoms with Gasteiger partial charge >= 0.3 is 6.03 Å². The van der Waals surface area contributed by atoms with Gasteiger partial charge in [-0.25, -0.2) is 4.79 Å². The highest BCUT2D eigenvalue weighted by atomic mass is 16.5. The van der Waals surface area contributed by atoms with Crippen molar-refractivity contribution >= 4 is 11.7 Å². The summed E-state index contributed by atoms with van der Waals surface area (Å²) >= 11 is 0. The largest absolute Gasteiger partial charge is 0.493 e. The summed E-state index contributed by atoms with van der Waals surface area (Å²) in [6, 6.07) is 19.3. The minimum absolute atomic E-state index is 0.134. The second-order valence-corrected chi connectivity index (χ2v) is 6.63. The van der Waals surface area contributed by atoms with Crippen LogP contribution in [0.5, 0.6) is 11.5 Å². The minimum atomic E-state index is -0.145. The summed E-state index contributed by atoms with van der Waals surface area (Å²) in [5.41, 5.74) is 2.86. The van der Waals surface area contributed by atoms with Crippen LogP contribution in [-0.2, 0) is 6.54 Å². The maximum absolute atomic E-state index is 13.2.